The molecule has 0 aromatic heterocycles. The van der Waals surface area contributed by atoms with Crippen molar-refractivity contribution in [3.05, 3.63) is 84.0 Å². The molecule has 0 heterocycles. The van der Waals surface area contributed by atoms with E-state index in [-0.39, 0.29) is 16.5 Å². The number of hydrogen-bond donors (Lipinski definition) is 0. The summed E-state index contributed by atoms with van der Waals surface area (Å²) in [6.07, 6.45) is 17.2. The summed E-state index contributed by atoms with van der Waals surface area (Å²) in [4.78, 5) is 9.56. The third-order valence-corrected chi connectivity index (χ3v) is 4.78. The average Bonchev–Trinajstić information content (AvgIpc) is 2.74. The first kappa shape index (κ1) is 25.8. The van der Waals surface area contributed by atoms with Gasteiger partial charge in [0.1, 0.15) is 0 Å². The Labute approximate surface area is 192 Å². The van der Waals surface area contributed by atoms with Crippen LogP contribution in [-0.4, -0.2) is 11.9 Å². The SMILES string of the molecule is C/C=C/CCCc1ccccc1/N=C/C(C)=N/c1ccccc1CCC/C=C/C.[Ni]. The zero-order valence-electron chi connectivity index (χ0n) is 18.5. The molecule has 0 fully saturated rings. The van der Waals surface area contributed by atoms with Crippen LogP contribution >= 0.6 is 0 Å². The quantitative estimate of drug-likeness (QED) is 0.145. The summed E-state index contributed by atoms with van der Waals surface area (Å²) < 4.78 is 0. The minimum absolute atomic E-state index is 0. The fourth-order valence-electron chi connectivity index (χ4n) is 3.22. The predicted molar refractivity (Wildman–Crippen MR) is 129 cm³/mol. The van der Waals surface area contributed by atoms with Gasteiger partial charge in [-0.1, -0.05) is 60.7 Å². The molecule has 0 saturated carbocycles. The summed E-state index contributed by atoms with van der Waals surface area (Å²) >= 11 is 0. The van der Waals surface area contributed by atoms with Crippen molar-refractivity contribution in [2.24, 2.45) is 9.98 Å². The average molecular weight is 445 g/mol. The Morgan fingerprint density at radius 2 is 1.27 bits per heavy atom. The van der Waals surface area contributed by atoms with Crippen molar-refractivity contribution in [3.8, 4) is 0 Å². The third kappa shape index (κ3) is 9.50. The van der Waals surface area contributed by atoms with Crippen LogP contribution in [0.4, 0.5) is 11.4 Å². The molecule has 30 heavy (non-hydrogen) atoms. The number of para-hydroxylation sites is 2. The maximum atomic E-state index is 4.83. The van der Waals surface area contributed by atoms with Gasteiger partial charge >= 0.3 is 0 Å². The Kier molecular flexibility index (Phi) is 13.4. The molecule has 162 valence electrons. The third-order valence-electron chi connectivity index (χ3n) is 4.78. The van der Waals surface area contributed by atoms with Gasteiger partial charge in [-0.2, -0.15) is 0 Å². The number of allylic oxidation sites excluding steroid dienone is 4. The molecule has 0 radical (unpaired) electrons. The first-order valence-corrected chi connectivity index (χ1v) is 10.7. The second kappa shape index (κ2) is 15.6. The summed E-state index contributed by atoms with van der Waals surface area (Å²) in [5, 5.41) is 0. The van der Waals surface area contributed by atoms with Crippen LogP contribution in [-0.2, 0) is 29.3 Å². The number of nitrogens with zero attached hydrogens (tertiary/aromatic N) is 2. The summed E-state index contributed by atoms with van der Waals surface area (Å²) in [5.41, 5.74) is 5.62. The van der Waals surface area contributed by atoms with Crippen LogP contribution in [0.25, 0.3) is 0 Å². The molecule has 0 N–H and O–H groups in total. The molecule has 0 spiro atoms. The van der Waals surface area contributed by atoms with E-state index in [0.717, 1.165) is 55.6 Å². The summed E-state index contributed by atoms with van der Waals surface area (Å²) in [6, 6.07) is 16.8. The van der Waals surface area contributed by atoms with Gasteiger partial charge in [0.15, 0.2) is 0 Å². The van der Waals surface area contributed by atoms with Gasteiger partial charge in [-0.25, -0.2) is 0 Å². The smallest absolute Gasteiger partial charge is 0.0665 e. The predicted octanol–water partition coefficient (Wildman–Crippen LogP) is 7.98. The van der Waals surface area contributed by atoms with E-state index in [1.54, 1.807) is 0 Å². The van der Waals surface area contributed by atoms with Gasteiger partial charge in [0.05, 0.1) is 17.1 Å². The molecule has 0 bridgehead atoms. The van der Waals surface area contributed by atoms with Gasteiger partial charge in [-0.3, -0.25) is 9.98 Å². The Hall–Kier alpha value is -2.25. The number of rotatable bonds is 11. The molecule has 0 aliphatic heterocycles. The van der Waals surface area contributed by atoms with Crippen LogP contribution < -0.4 is 0 Å². The van der Waals surface area contributed by atoms with E-state index < -0.39 is 0 Å². The van der Waals surface area contributed by atoms with Crippen LogP contribution in [0.15, 0.2) is 82.8 Å². The Balaban J connectivity index is 0.00000450. The van der Waals surface area contributed by atoms with Crippen molar-refractivity contribution in [2.45, 2.75) is 59.3 Å². The fraction of sp³-hybridized carbons (Fsp3) is 0.333. The fourth-order valence-corrected chi connectivity index (χ4v) is 3.22. The molecule has 3 heteroatoms. The van der Waals surface area contributed by atoms with Crippen LogP contribution in [0, 0.1) is 0 Å². The maximum absolute atomic E-state index is 4.83. The van der Waals surface area contributed by atoms with Crippen molar-refractivity contribution >= 4 is 23.3 Å². The van der Waals surface area contributed by atoms with E-state index in [1.165, 1.54) is 11.1 Å². The largest absolute Gasteiger partial charge is 0.255 e. The molecule has 0 amide bonds. The van der Waals surface area contributed by atoms with Crippen LogP contribution in [0.3, 0.4) is 0 Å². The first-order valence-electron chi connectivity index (χ1n) is 10.7. The molecule has 0 atom stereocenters. The normalized spacial score (nSPS) is 12.2. The van der Waals surface area contributed by atoms with Gasteiger partial charge in [0.25, 0.3) is 0 Å². The van der Waals surface area contributed by atoms with E-state index in [2.05, 4.69) is 86.7 Å². The minimum Gasteiger partial charge on any atom is -0.255 e. The van der Waals surface area contributed by atoms with Crippen LogP contribution in [0.1, 0.15) is 57.6 Å². The topological polar surface area (TPSA) is 24.7 Å². The first-order chi connectivity index (χ1) is 14.2. The second-order valence-electron chi connectivity index (χ2n) is 7.19. The molecule has 2 rings (SSSR count). The van der Waals surface area contributed by atoms with Gasteiger partial charge in [0, 0.05) is 22.7 Å². The molecule has 0 aliphatic rings. The van der Waals surface area contributed by atoms with Crippen LogP contribution in [0.2, 0.25) is 0 Å². The van der Waals surface area contributed by atoms with E-state index in [4.69, 9.17) is 9.98 Å². The minimum atomic E-state index is 0. The number of benzene rings is 2. The molecule has 2 aromatic carbocycles. The molecule has 2 aromatic rings. The van der Waals surface area contributed by atoms with E-state index in [1.807, 2.05) is 13.1 Å². The molecule has 2 nitrogen and oxygen atoms in total. The maximum Gasteiger partial charge on any atom is 0.0665 e. The van der Waals surface area contributed by atoms with Crippen molar-refractivity contribution in [1.29, 1.82) is 0 Å². The number of unbranched alkanes of at least 4 members (excludes halogenated alkanes) is 2. The number of aryl methyl sites for hydroxylation is 2. The Morgan fingerprint density at radius 1 is 0.767 bits per heavy atom. The monoisotopic (exact) mass is 444 g/mol. The molecular weight excluding hydrogens is 411 g/mol. The van der Waals surface area contributed by atoms with Crippen LogP contribution in [0.5, 0.6) is 0 Å². The van der Waals surface area contributed by atoms with Crippen molar-refractivity contribution in [1.82, 2.24) is 0 Å². The Morgan fingerprint density at radius 3 is 1.83 bits per heavy atom. The summed E-state index contributed by atoms with van der Waals surface area (Å²) in [7, 11) is 0. The zero-order chi connectivity index (χ0) is 20.7. The molecule has 0 aliphatic carbocycles. The van der Waals surface area contributed by atoms with Crippen molar-refractivity contribution in [3.63, 3.8) is 0 Å². The van der Waals surface area contributed by atoms with E-state index >= 15 is 0 Å². The van der Waals surface area contributed by atoms with Crippen molar-refractivity contribution < 1.29 is 16.5 Å². The van der Waals surface area contributed by atoms with Gasteiger partial charge in [-0.15, -0.1) is 0 Å². The molecular formula is C27H34N2Ni. The van der Waals surface area contributed by atoms with Crippen molar-refractivity contribution in [2.75, 3.05) is 0 Å². The van der Waals surface area contributed by atoms with E-state index in [0.29, 0.717) is 0 Å². The molecule has 0 unspecified atom stereocenters. The summed E-state index contributed by atoms with van der Waals surface area (Å²) in [6.45, 7) is 6.16. The van der Waals surface area contributed by atoms with Gasteiger partial charge < -0.3 is 0 Å². The summed E-state index contributed by atoms with van der Waals surface area (Å²) in [5.74, 6) is 0. The Bertz CT molecular complexity index is 863. The zero-order valence-corrected chi connectivity index (χ0v) is 19.4. The molecule has 0 saturated heterocycles. The number of aliphatic imine (C=N–C) groups is 2. The number of hydrogen-bond acceptors (Lipinski definition) is 2. The van der Waals surface area contributed by atoms with Gasteiger partial charge in [-0.05, 0) is 82.6 Å². The van der Waals surface area contributed by atoms with E-state index in [9.17, 15) is 0 Å². The van der Waals surface area contributed by atoms with Gasteiger partial charge in [0.2, 0.25) is 0 Å². The second-order valence-corrected chi connectivity index (χ2v) is 7.19. The standard InChI is InChI=1S/C27H34N2.Ni/c1-4-6-8-10-16-24-18-12-14-20-26(24)28-22-23(3)29-27-21-15-13-19-25(27)17-11-9-7-5-2;/h4-7,12-15,18-22H,8-11,16-17H2,1-3H3;/b6-4+,7-5+,28-22+,29-23+;.